The van der Waals surface area contributed by atoms with Gasteiger partial charge in [0.1, 0.15) is 0 Å². The Morgan fingerprint density at radius 1 is 1.28 bits per heavy atom. The Morgan fingerprint density at radius 3 is 2.75 bits per heavy atom. The van der Waals surface area contributed by atoms with Crippen molar-refractivity contribution in [3.05, 3.63) is 36.5 Å². The number of nitrogens with one attached hydrogen (secondary N) is 1. The quantitative estimate of drug-likeness (QED) is 0.258. The number of anilines is 1. The molecule has 0 unspecified atom stereocenters. The molecule has 6 heteroatoms. The van der Waals surface area contributed by atoms with Crippen molar-refractivity contribution < 1.29 is 9.40 Å². The molecule has 2 aliphatic carbocycles. The van der Waals surface area contributed by atoms with Gasteiger partial charge in [0, 0.05) is 0 Å². The van der Waals surface area contributed by atoms with E-state index in [0.717, 1.165) is 30.0 Å². The van der Waals surface area contributed by atoms with Gasteiger partial charge in [-0.1, -0.05) is 56.0 Å². The lowest BCUT2D eigenvalue weighted by Crippen LogP contribution is -2.49. The van der Waals surface area contributed by atoms with E-state index in [-0.39, 0.29) is 5.60 Å². The monoisotopic (exact) mass is 494 g/mol. The molecular weight excluding hydrogens is 446 g/mol. The maximum absolute atomic E-state index is 5.81. The molecule has 1 N–H and O–H groups in total. The largest absolute Gasteiger partial charge is 0.307 e. The highest BCUT2D eigenvalue weighted by atomic mass is 16.7. The summed E-state index contributed by atoms with van der Waals surface area (Å²) in [7, 11) is 2.02. The lowest BCUT2D eigenvalue weighted by molar-refractivity contribution is -0.647. The fraction of sp³-hybridized carbons (Fsp3) is 0.700. The molecule has 0 amide bonds. The van der Waals surface area contributed by atoms with Crippen LogP contribution in [0.3, 0.4) is 0 Å². The Kier molecular flexibility index (Phi) is 7.40. The maximum Gasteiger partial charge on any atom is 0.307 e. The number of rotatable bonds is 7. The summed E-state index contributed by atoms with van der Waals surface area (Å²) in [5.74, 6) is 2.13. The fourth-order valence-electron chi connectivity index (χ4n) is 7.16. The summed E-state index contributed by atoms with van der Waals surface area (Å²) in [6, 6.07) is 0. The van der Waals surface area contributed by atoms with Gasteiger partial charge < -0.3 is 0 Å². The Labute approximate surface area is 218 Å². The van der Waals surface area contributed by atoms with E-state index in [2.05, 4.69) is 66.7 Å². The first-order valence-electron chi connectivity index (χ1n) is 13.8. The molecule has 2 aromatic rings. The Bertz CT molecular complexity index is 1140. The molecule has 3 atom stereocenters. The lowest BCUT2D eigenvalue weighted by Gasteiger charge is -2.58. The zero-order valence-corrected chi connectivity index (χ0v) is 23.9. The number of imidazole rings is 1. The van der Waals surface area contributed by atoms with E-state index in [1.165, 1.54) is 49.7 Å². The van der Waals surface area contributed by atoms with E-state index in [9.17, 15) is 0 Å². The van der Waals surface area contributed by atoms with Gasteiger partial charge in [-0.3, -0.25) is 9.40 Å². The van der Waals surface area contributed by atoms with Crippen LogP contribution in [-0.4, -0.2) is 20.1 Å². The third-order valence-electron chi connectivity index (χ3n) is 8.97. The molecule has 0 radical (unpaired) electrons. The highest BCUT2D eigenvalue weighted by Gasteiger charge is 2.52. The number of nitrogens with zero attached hydrogens (tertiary/aromatic N) is 4. The second kappa shape index (κ2) is 9.92. The molecule has 0 spiro atoms. The first-order valence-corrected chi connectivity index (χ1v) is 13.8. The van der Waals surface area contributed by atoms with E-state index in [0.29, 0.717) is 22.6 Å². The number of hydrogen-bond acceptors (Lipinski definition) is 4. The third-order valence-corrected chi connectivity index (χ3v) is 8.97. The van der Waals surface area contributed by atoms with Gasteiger partial charge in [0.15, 0.2) is 18.5 Å². The summed E-state index contributed by atoms with van der Waals surface area (Å²) in [6.07, 6.45) is 15.0. The molecule has 4 rings (SSSR count). The fourth-order valence-corrected chi connectivity index (χ4v) is 7.16. The topological polar surface area (TPSA) is 55.9 Å². The number of fused-ring (bicyclic) bond motifs is 2. The summed E-state index contributed by atoms with van der Waals surface area (Å²) in [6.45, 7) is 21.3. The van der Waals surface area contributed by atoms with Gasteiger partial charge >= 0.3 is 5.65 Å². The van der Waals surface area contributed by atoms with E-state index in [1.54, 1.807) is 6.33 Å². The van der Waals surface area contributed by atoms with E-state index < -0.39 is 0 Å². The van der Waals surface area contributed by atoms with E-state index >= 15 is 0 Å². The van der Waals surface area contributed by atoms with Crippen LogP contribution in [-0.2, 0) is 18.4 Å². The van der Waals surface area contributed by atoms with Crippen molar-refractivity contribution in [2.45, 2.75) is 106 Å². The number of aryl methyl sites for hydroxylation is 1. The minimum atomic E-state index is -0.320. The van der Waals surface area contributed by atoms with Crippen molar-refractivity contribution in [1.82, 2.24) is 14.5 Å². The first kappa shape index (κ1) is 26.8. The van der Waals surface area contributed by atoms with Gasteiger partial charge in [-0.2, -0.15) is 4.98 Å². The number of allylic oxidation sites excluding steroid dienone is 3. The van der Waals surface area contributed by atoms with Crippen LogP contribution in [0, 0.1) is 22.7 Å². The van der Waals surface area contributed by atoms with Gasteiger partial charge in [-0.15, -0.1) is 0 Å². The molecule has 2 heterocycles. The van der Waals surface area contributed by atoms with Crippen LogP contribution in [0.25, 0.3) is 11.2 Å². The normalized spacial score (nSPS) is 26.8. The molecule has 2 aliphatic rings. The molecule has 0 aromatic carbocycles. The third kappa shape index (κ3) is 5.39. The Morgan fingerprint density at radius 2 is 2.03 bits per heavy atom. The minimum absolute atomic E-state index is 0.320. The van der Waals surface area contributed by atoms with Gasteiger partial charge in [0.25, 0.3) is 0 Å². The molecule has 198 valence electrons. The van der Waals surface area contributed by atoms with Gasteiger partial charge in [-0.05, 0) is 88.9 Å². The van der Waals surface area contributed by atoms with Crippen molar-refractivity contribution >= 4 is 17.0 Å². The second-order valence-electron chi connectivity index (χ2n) is 13.3. The average Bonchev–Trinajstić information content (AvgIpc) is 3.11. The molecule has 6 nitrogen and oxygen atoms in total. The Balaban J connectivity index is 1.48. The summed E-state index contributed by atoms with van der Waals surface area (Å²) < 4.78 is 4.24. The van der Waals surface area contributed by atoms with Crippen LogP contribution in [0.5, 0.6) is 0 Å². The molecule has 2 aromatic heterocycles. The van der Waals surface area contributed by atoms with Crippen LogP contribution in [0.1, 0.15) is 93.4 Å². The number of aromatic nitrogens is 4. The predicted octanol–water partition coefficient (Wildman–Crippen LogP) is 6.92. The summed E-state index contributed by atoms with van der Waals surface area (Å²) in [5, 5.41) is 0. The van der Waals surface area contributed by atoms with Crippen molar-refractivity contribution in [2.24, 2.45) is 29.7 Å². The van der Waals surface area contributed by atoms with Crippen LogP contribution in [0.4, 0.5) is 5.82 Å². The molecular formula is C30H48N5O+. The molecule has 0 bridgehead atoms. The SMILES string of the molecule is C=C1CC[C@H]2C(C)(C)CCC[C@]2(C)[C@H]1CC/C(C)=C/Cn1c[n+](C)c2ncnc(NOC(C)(C)C)c21. The van der Waals surface area contributed by atoms with Crippen molar-refractivity contribution in [3.8, 4) is 0 Å². The average molecular weight is 495 g/mol. The maximum atomic E-state index is 5.81. The summed E-state index contributed by atoms with van der Waals surface area (Å²) in [4.78, 5) is 14.8. The lowest BCUT2D eigenvalue weighted by atomic mass is 9.47. The van der Waals surface area contributed by atoms with Gasteiger partial charge in [0.05, 0.1) is 19.2 Å². The van der Waals surface area contributed by atoms with Gasteiger partial charge in [0.2, 0.25) is 5.52 Å². The van der Waals surface area contributed by atoms with Crippen LogP contribution >= 0.6 is 0 Å². The van der Waals surface area contributed by atoms with Crippen molar-refractivity contribution in [1.29, 1.82) is 0 Å². The zero-order valence-electron chi connectivity index (χ0n) is 23.9. The highest BCUT2D eigenvalue weighted by Crippen LogP contribution is 2.61. The molecule has 36 heavy (non-hydrogen) atoms. The Hall–Kier alpha value is -2.21. The molecule has 0 saturated heterocycles. The second-order valence-corrected chi connectivity index (χ2v) is 13.3. The molecule has 0 aliphatic heterocycles. The summed E-state index contributed by atoms with van der Waals surface area (Å²) in [5.41, 5.74) is 8.36. The van der Waals surface area contributed by atoms with Gasteiger partial charge in [-0.25, -0.2) is 10.0 Å². The summed E-state index contributed by atoms with van der Waals surface area (Å²) >= 11 is 0. The number of hydrogen-bond donors (Lipinski definition) is 1. The van der Waals surface area contributed by atoms with Crippen LogP contribution in [0.2, 0.25) is 0 Å². The smallest absolute Gasteiger partial charge is 0.269 e. The van der Waals surface area contributed by atoms with Crippen molar-refractivity contribution in [2.75, 3.05) is 5.48 Å². The van der Waals surface area contributed by atoms with E-state index in [1.807, 2.05) is 32.4 Å². The van der Waals surface area contributed by atoms with Crippen LogP contribution in [0.15, 0.2) is 36.5 Å². The first-order chi connectivity index (χ1) is 16.8. The predicted molar refractivity (Wildman–Crippen MR) is 147 cm³/mol. The molecule has 2 saturated carbocycles. The van der Waals surface area contributed by atoms with Crippen molar-refractivity contribution in [3.63, 3.8) is 0 Å². The minimum Gasteiger partial charge on any atom is -0.269 e. The van der Waals surface area contributed by atoms with Crippen LogP contribution < -0.4 is 10.0 Å². The standard InChI is InChI=1S/C30H48N5O/c1-21(11-13-23-22(2)12-14-24-29(6,7)16-10-17-30(23,24)8)15-18-35-20-34(9)27-25(35)26(31-19-32-27)33-36-28(3,4)5/h15,19-20,23-24H,2,10-14,16-18H2,1,3-9H3,(H,31,32,33)/q+1/b21-15+/t23-,24-,30+/m0/s1. The van der Waals surface area contributed by atoms with E-state index in [4.69, 9.17) is 4.84 Å². The highest BCUT2D eigenvalue weighted by molar-refractivity contribution is 5.80. The zero-order chi connectivity index (χ0) is 26.3. The molecule has 2 fully saturated rings.